The number of allylic oxidation sites excluding steroid dienone is 4. The van der Waals surface area contributed by atoms with Crippen molar-refractivity contribution >= 4 is 17.4 Å². The van der Waals surface area contributed by atoms with Crippen molar-refractivity contribution in [2.45, 2.75) is 91.0 Å². The Labute approximate surface area is 248 Å². The highest BCUT2D eigenvalue weighted by Gasteiger charge is 2.75. The third kappa shape index (κ3) is 4.44. The average Bonchev–Trinajstić information content (AvgIpc) is 3.12. The van der Waals surface area contributed by atoms with Gasteiger partial charge in [0.1, 0.15) is 12.2 Å². The minimum atomic E-state index is -2.02. The summed E-state index contributed by atoms with van der Waals surface area (Å²) in [6.45, 7) is 11.1. The lowest BCUT2D eigenvalue weighted by atomic mass is 9.44. The van der Waals surface area contributed by atoms with Crippen LogP contribution in [-0.2, 0) is 11.2 Å². The van der Waals surface area contributed by atoms with Crippen LogP contribution >= 0.6 is 0 Å². The molecule has 0 aliphatic heterocycles. The molecule has 42 heavy (non-hydrogen) atoms. The predicted molar refractivity (Wildman–Crippen MR) is 159 cm³/mol. The number of aliphatic hydroxyl groups excluding tert-OH is 2. The maximum absolute atomic E-state index is 17.5. The lowest BCUT2D eigenvalue weighted by Gasteiger charge is -2.62. The molecule has 0 unspecified atom stereocenters. The number of aliphatic hydroxyl groups is 3. The van der Waals surface area contributed by atoms with Crippen LogP contribution in [0.15, 0.2) is 53.2 Å². The zero-order valence-electron chi connectivity index (χ0n) is 25.6. The molecule has 5 rings (SSSR count). The summed E-state index contributed by atoms with van der Waals surface area (Å²) in [7, 11) is 0. The number of fused-ring (bicyclic) bond motifs is 5. The van der Waals surface area contributed by atoms with Gasteiger partial charge in [-0.1, -0.05) is 58.4 Å². The van der Waals surface area contributed by atoms with E-state index in [0.29, 0.717) is 30.5 Å². The summed E-state index contributed by atoms with van der Waals surface area (Å²) >= 11 is 0. The van der Waals surface area contributed by atoms with Crippen molar-refractivity contribution < 1.29 is 29.3 Å². The van der Waals surface area contributed by atoms with Gasteiger partial charge in [-0.3, -0.25) is 9.59 Å². The highest BCUT2D eigenvalue weighted by Crippen LogP contribution is 2.70. The Balaban J connectivity index is 1.37. The topological polar surface area (TPSA) is 119 Å². The van der Waals surface area contributed by atoms with Gasteiger partial charge in [0.25, 0.3) is 5.91 Å². The first kappa shape index (κ1) is 30.8. The molecular formula is C34H45FN2O5. The van der Waals surface area contributed by atoms with Crippen LogP contribution in [0, 0.1) is 34.0 Å². The summed E-state index contributed by atoms with van der Waals surface area (Å²) < 4.78 is 17.5. The molecule has 4 aliphatic carbocycles. The van der Waals surface area contributed by atoms with Crippen LogP contribution in [0.3, 0.4) is 0 Å². The molecule has 0 bridgehead atoms. The van der Waals surface area contributed by atoms with E-state index in [1.165, 1.54) is 0 Å². The molecule has 228 valence electrons. The van der Waals surface area contributed by atoms with E-state index in [2.05, 4.69) is 31.3 Å². The van der Waals surface area contributed by atoms with E-state index in [0.717, 1.165) is 17.6 Å². The van der Waals surface area contributed by atoms with Gasteiger partial charge in [0.05, 0.1) is 11.8 Å². The fourth-order valence-corrected chi connectivity index (χ4v) is 8.91. The second kappa shape index (κ2) is 10.2. The van der Waals surface area contributed by atoms with E-state index in [1.54, 1.807) is 51.1 Å². The largest absolute Gasteiger partial charge is 0.390 e. The molecule has 0 spiro atoms. The summed E-state index contributed by atoms with van der Waals surface area (Å²) in [4.78, 5) is 25.6. The summed E-state index contributed by atoms with van der Waals surface area (Å²) in [6, 6.07) is 7.47. The molecule has 4 N–H and O–H groups in total. The third-order valence-corrected chi connectivity index (χ3v) is 11.0. The van der Waals surface area contributed by atoms with Gasteiger partial charge in [-0.15, -0.1) is 0 Å². The normalized spacial score (nSPS) is 40.1. The van der Waals surface area contributed by atoms with Gasteiger partial charge in [-0.25, -0.2) is 9.82 Å². The molecule has 1 aromatic rings. The quantitative estimate of drug-likeness (QED) is 0.377. The summed E-state index contributed by atoms with van der Waals surface area (Å²) in [6.07, 6.45) is 6.06. The van der Waals surface area contributed by atoms with Crippen LogP contribution in [0.5, 0.6) is 0 Å². The number of hydrazone groups is 1. The number of nitrogens with zero attached hydrogens (tertiary/aromatic N) is 1. The van der Waals surface area contributed by atoms with Crippen molar-refractivity contribution in [3.8, 4) is 0 Å². The van der Waals surface area contributed by atoms with Crippen molar-refractivity contribution in [1.82, 2.24) is 5.43 Å². The van der Waals surface area contributed by atoms with Crippen LogP contribution in [0.4, 0.5) is 4.39 Å². The van der Waals surface area contributed by atoms with E-state index in [9.17, 15) is 24.9 Å². The molecule has 0 saturated heterocycles. The zero-order valence-corrected chi connectivity index (χ0v) is 25.6. The van der Waals surface area contributed by atoms with E-state index in [-0.39, 0.29) is 23.7 Å². The number of rotatable bonds is 5. The Bertz CT molecular complexity index is 1360. The molecule has 8 atom stereocenters. The van der Waals surface area contributed by atoms with Crippen molar-refractivity contribution in [2.75, 3.05) is 6.61 Å². The fraction of sp³-hybridized carbons (Fsp3) is 0.618. The molecule has 3 saturated carbocycles. The summed E-state index contributed by atoms with van der Waals surface area (Å²) in [5, 5.41) is 37.1. The second-order valence-electron chi connectivity index (χ2n) is 14.8. The summed E-state index contributed by atoms with van der Waals surface area (Å²) in [5.74, 6) is -2.39. The number of halogens is 1. The number of benzene rings is 1. The highest BCUT2D eigenvalue weighted by molar-refractivity contribution is 6.07. The van der Waals surface area contributed by atoms with Crippen molar-refractivity contribution in [1.29, 1.82) is 0 Å². The standard InChI is InChI=1S/C34H45FN2O5/c1-20-15-26-25-12-11-23-16-24(36-37-29(41)22-9-7-21(8-10-22)17-30(2,3)4)13-14-31(23,5)33(25,35)27(39)18-32(26,6)34(20,42)28(40)19-38/h7-10,13-14,16,20,25-27,38-39,42H,11-12,15,17-19H2,1-6H3,(H,37,41)/b36-24+/t20-,25+,26+,27+,31+,32+,33+,34+/m1/s1. The first-order valence-electron chi connectivity index (χ1n) is 15.1. The Kier molecular flexibility index (Phi) is 7.48. The summed E-state index contributed by atoms with van der Waals surface area (Å²) in [5.41, 5.74) is -0.311. The minimum absolute atomic E-state index is 0.0838. The number of carbonyl (C=O) groups is 2. The number of hydrogen-bond acceptors (Lipinski definition) is 6. The Hall–Kier alpha value is -2.68. The maximum Gasteiger partial charge on any atom is 0.271 e. The Morgan fingerprint density at radius 2 is 1.81 bits per heavy atom. The number of carbonyl (C=O) groups excluding carboxylic acids is 2. The molecule has 0 radical (unpaired) electrons. The first-order chi connectivity index (χ1) is 19.5. The lowest BCUT2D eigenvalue weighted by molar-refractivity contribution is -0.219. The maximum atomic E-state index is 17.5. The molecule has 1 aromatic carbocycles. The van der Waals surface area contributed by atoms with E-state index >= 15 is 4.39 Å². The van der Waals surface area contributed by atoms with Gasteiger partial charge >= 0.3 is 0 Å². The van der Waals surface area contributed by atoms with Gasteiger partial charge in [0.15, 0.2) is 11.5 Å². The number of ketones is 1. The van der Waals surface area contributed by atoms with Crippen molar-refractivity contribution in [2.24, 2.45) is 39.1 Å². The molecular weight excluding hydrogens is 535 g/mol. The van der Waals surface area contributed by atoms with Gasteiger partial charge in [0, 0.05) is 22.3 Å². The van der Waals surface area contributed by atoms with Crippen LogP contribution in [-0.4, -0.2) is 56.7 Å². The number of amides is 1. The molecule has 4 aliphatic rings. The molecule has 1 amide bonds. The van der Waals surface area contributed by atoms with Gasteiger partial charge in [-0.2, -0.15) is 5.10 Å². The second-order valence-corrected chi connectivity index (χ2v) is 14.8. The van der Waals surface area contributed by atoms with Crippen LogP contribution < -0.4 is 5.43 Å². The molecule has 7 nitrogen and oxygen atoms in total. The molecule has 3 fully saturated rings. The van der Waals surface area contributed by atoms with Crippen LogP contribution in [0.2, 0.25) is 0 Å². The minimum Gasteiger partial charge on any atom is -0.390 e. The zero-order chi connectivity index (χ0) is 30.9. The fourth-order valence-electron chi connectivity index (χ4n) is 8.91. The average molecular weight is 581 g/mol. The monoisotopic (exact) mass is 580 g/mol. The number of hydrogen-bond donors (Lipinski definition) is 4. The van der Waals surface area contributed by atoms with Gasteiger partial charge in [-0.05, 0) is 86.1 Å². The van der Waals surface area contributed by atoms with Crippen molar-refractivity contribution in [3.63, 3.8) is 0 Å². The number of nitrogens with one attached hydrogen (secondary N) is 1. The number of Topliss-reactive ketones (excluding diaryl/α,β-unsaturated/α-hetero) is 1. The van der Waals surface area contributed by atoms with E-state index < -0.39 is 52.4 Å². The predicted octanol–water partition coefficient (Wildman–Crippen LogP) is 4.70. The molecule has 0 heterocycles. The first-order valence-corrected chi connectivity index (χ1v) is 15.1. The van der Waals surface area contributed by atoms with E-state index in [4.69, 9.17) is 0 Å². The van der Waals surface area contributed by atoms with Gasteiger partial charge < -0.3 is 15.3 Å². The number of alkyl halides is 1. The van der Waals surface area contributed by atoms with Gasteiger partial charge in [0.2, 0.25) is 0 Å². The lowest BCUT2D eigenvalue weighted by Crippen LogP contribution is -2.69. The van der Waals surface area contributed by atoms with Crippen LogP contribution in [0.25, 0.3) is 0 Å². The van der Waals surface area contributed by atoms with Crippen molar-refractivity contribution in [3.05, 3.63) is 59.2 Å². The van der Waals surface area contributed by atoms with E-state index in [1.807, 2.05) is 12.1 Å². The smallest absolute Gasteiger partial charge is 0.271 e. The highest BCUT2D eigenvalue weighted by atomic mass is 19.1. The molecule has 0 aromatic heterocycles. The van der Waals surface area contributed by atoms with Crippen LogP contribution in [0.1, 0.15) is 83.1 Å². The Morgan fingerprint density at radius 3 is 2.43 bits per heavy atom. The Morgan fingerprint density at radius 1 is 1.14 bits per heavy atom. The SMILES string of the molecule is C[C@@H]1C[C@H]2[C@@H]3CCC4=C/C(=N/NC(=O)c5ccc(CC(C)(C)C)cc5)C=C[C@]4(C)[C@@]3(F)[C@@H](O)C[C@]2(C)[C@@]1(O)C(=O)CO. The third-order valence-electron chi connectivity index (χ3n) is 11.0. The molecule has 8 heteroatoms.